The van der Waals surface area contributed by atoms with E-state index in [-0.39, 0.29) is 12.1 Å². The van der Waals surface area contributed by atoms with E-state index in [4.69, 9.17) is 10.5 Å². The monoisotopic (exact) mass is 235 g/mol. The molecule has 0 saturated heterocycles. The normalized spacial score (nSPS) is 19.0. The lowest BCUT2D eigenvalue weighted by Crippen LogP contribution is -2.18. The molecule has 94 valence electrons. The van der Waals surface area contributed by atoms with Gasteiger partial charge in [-0.2, -0.15) is 0 Å². The predicted molar refractivity (Wildman–Crippen MR) is 66.5 cm³/mol. The number of ether oxygens (including phenoxy) is 1. The van der Waals surface area contributed by atoms with Crippen molar-refractivity contribution in [2.75, 3.05) is 6.61 Å². The minimum atomic E-state index is 0.0874. The van der Waals surface area contributed by atoms with Crippen molar-refractivity contribution in [2.45, 2.75) is 45.3 Å². The molecule has 0 spiro atoms. The fraction of sp³-hybridized carbons (Fsp3) is 0.692. The Kier molecular flexibility index (Phi) is 4.07. The van der Waals surface area contributed by atoms with E-state index in [9.17, 15) is 0 Å². The molecule has 0 aromatic carbocycles. The van der Waals surface area contributed by atoms with E-state index in [0.29, 0.717) is 12.5 Å². The minimum Gasteiger partial charge on any atom is -0.370 e. The highest BCUT2D eigenvalue weighted by molar-refractivity contribution is 5.09. The second-order valence-corrected chi connectivity index (χ2v) is 4.84. The van der Waals surface area contributed by atoms with Crippen LogP contribution in [0, 0.1) is 5.92 Å². The average molecular weight is 235 g/mol. The van der Waals surface area contributed by atoms with E-state index >= 15 is 0 Å². The Morgan fingerprint density at radius 1 is 1.41 bits per heavy atom. The van der Waals surface area contributed by atoms with Crippen molar-refractivity contribution < 1.29 is 4.74 Å². The van der Waals surface area contributed by atoms with Gasteiger partial charge in [0.05, 0.1) is 0 Å². The van der Waals surface area contributed by atoms with Crippen LogP contribution in [0.4, 0.5) is 0 Å². The van der Waals surface area contributed by atoms with Gasteiger partial charge in [0, 0.05) is 25.0 Å². The van der Waals surface area contributed by atoms with Crippen LogP contribution in [0.3, 0.4) is 0 Å². The molecule has 1 aliphatic carbocycles. The molecule has 0 bridgehead atoms. The first-order valence-corrected chi connectivity index (χ1v) is 6.38. The highest BCUT2D eigenvalue weighted by Gasteiger charge is 2.34. The van der Waals surface area contributed by atoms with Gasteiger partial charge in [-0.1, -0.05) is 0 Å². The molecule has 2 N–H and O–H groups in total. The summed E-state index contributed by atoms with van der Waals surface area (Å²) in [6, 6.07) is 0.149. The standard InChI is InChI=1S/C13H21N3O/c1-3-17-12(11-4-5-11)13-15-7-10(8-16-13)6-9(2)14/h7-9,11-12H,3-6,14H2,1-2H3. The third-order valence-corrected chi connectivity index (χ3v) is 2.93. The van der Waals surface area contributed by atoms with E-state index in [1.54, 1.807) is 0 Å². The Balaban J connectivity index is 2.04. The summed E-state index contributed by atoms with van der Waals surface area (Å²) >= 11 is 0. The molecule has 1 aromatic heterocycles. The summed E-state index contributed by atoms with van der Waals surface area (Å²) in [5, 5.41) is 0. The summed E-state index contributed by atoms with van der Waals surface area (Å²) in [7, 11) is 0. The molecule has 17 heavy (non-hydrogen) atoms. The van der Waals surface area contributed by atoms with Crippen molar-refractivity contribution in [3.05, 3.63) is 23.8 Å². The van der Waals surface area contributed by atoms with Crippen LogP contribution in [-0.4, -0.2) is 22.6 Å². The van der Waals surface area contributed by atoms with E-state index in [1.165, 1.54) is 12.8 Å². The fourth-order valence-electron chi connectivity index (χ4n) is 1.99. The Morgan fingerprint density at radius 2 is 2.06 bits per heavy atom. The van der Waals surface area contributed by atoms with E-state index in [0.717, 1.165) is 17.8 Å². The van der Waals surface area contributed by atoms with Crippen LogP contribution in [-0.2, 0) is 11.2 Å². The van der Waals surface area contributed by atoms with Crippen molar-refractivity contribution in [3.8, 4) is 0 Å². The summed E-state index contributed by atoms with van der Waals surface area (Å²) in [6.07, 6.45) is 7.12. The van der Waals surface area contributed by atoms with Crippen molar-refractivity contribution in [1.82, 2.24) is 9.97 Å². The SMILES string of the molecule is CCOC(c1ncc(CC(C)N)cn1)C1CC1. The molecule has 1 aromatic rings. The van der Waals surface area contributed by atoms with E-state index in [1.807, 2.05) is 26.2 Å². The molecule has 4 heteroatoms. The molecule has 4 nitrogen and oxygen atoms in total. The second-order valence-electron chi connectivity index (χ2n) is 4.84. The van der Waals surface area contributed by atoms with Crippen molar-refractivity contribution in [2.24, 2.45) is 11.7 Å². The van der Waals surface area contributed by atoms with Crippen LogP contribution in [0.25, 0.3) is 0 Å². The van der Waals surface area contributed by atoms with Gasteiger partial charge in [-0.25, -0.2) is 9.97 Å². The Morgan fingerprint density at radius 3 is 2.53 bits per heavy atom. The summed E-state index contributed by atoms with van der Waals surface area (Å²) in [5.41, 5.74) is 6.84. The van der Waals surface area contributed by atoms with Crippen LogP contribution in [0.1, 0.15) is 44.2 Å². The topological polar surface area (TPSA) is 61.0 Å². The van der Waals surface area contributed by atoms with Gasteiger partial charge in [0.1, 0.15) is 6.10 Å². The maximum absolute atomic E-state index is 5.75. The molecular formula is C13H21N3O. The van der Waals surface area contributed by atoms with Gasteiger partial charge >= 0.3 is 0 Å². The zero-order valence-corrected chi connectivity index (χ0v) is 10.6. The first-order chi connectivity index (χ1) is 8.20. The Hall–Kier alpha value is -1.00. The molecule has 2 rings (SSSR count). The van der Waals surface area contributed by atoms with Crippen LogP contribution in [0.2, 0.25) is 0 Å². The summed E-state index contributed by atoms with van der Waals surface area (Å²) < 4.78 is 5.72. The molecular weight excluding hydrogens is 214 g/mol. The first-order valence-electron chi connectivity index (χ1n) is 6.38. The maximum atomic E-state index is 5.75. The van der Waals surface area contributed by atoms with Crippen LogP contribution >= 0.6 is 0 Å². The smallest absolute Gasteiger partial charge is 0.157 e. The molecule has 0 aliphatic heterocycles. The Bertz CT molecular complexity index is 346. The lowest BCUT2D eigenvalue weighted by Gasteiger charge is -2.15. The average Bonchev–Trinajstić information content (AvgIpc) is 3.10. The second kappa shape index (κ2) is 5.56. The lowest BCUT2D eigenvalue weighted by atomic mass is 10.1. The van der Waals surface area contributed by atoms with E-state index in [2.05, 4.69) is 9.97 Å². The van der Waals surface area contributed by atoms with Gasteiger partial charge in [0.2, 0.25) is 0 Å². The summed E-state index contributed by atoms with van der Waals surface area (Å²) in [5.74, 6) is 1.44. The van der Waals surface area contributed by atoms with Crippen LogP contribution in [0.15, 0.2) is 12.4 Å². The lowest BCUT2D eigenvalue weighted by molar-refractivity contribution is 0.0400. The number of rotatable bonds is 6. The number of nitrogens with two attached hydrogens (primary N) is 1. The fourth-order valence-corrected chi connectivity index (χ4v) is 1.99. The number of nitrogens with zero attached hydrogens (tertiary/aromatic N) is 2. The third-order valence-electron chi connectivity index (χ3n) is 2.93. The van der Waals surface area contributed by atoms with Crippen LogP contribution < -0.4 is 5.73 Å². The number of hydrogen-bond acceptors (Lipinski definition) is 4. The number of aromatic nitrogens is 2. The molecule has 1 aliphatic rings. The predicted octanol–water partition coefficient (Wildman–Crippen LogP) is 1.85. The minimum absolute atomic E-state index is 0.0874. The van der Waals surface area contributed by atoms with Crippen molar-refractivity contribution >= 4 is 0 Å². The summed E-state index contributed by atoms with van der Waals surface area (Å²) in [6.45, 7) is 4.72. The molecule has 1 saturated carbocycles. The van der Waals surface area contributed by atoms with Crippen molar-refractivity contribution in [1.29, 1.82) is 0 Å². The molecule has 2 atom stereocenters. The molecule has 0 radical (unpaired) electrons. The molecule has 0 amide bonds. The first kappa shape index (κ1) is 12.5. The zero-order chi connectivity index (χ0) is 12.3. The van der Waals surface area contributed by atoms with Gasteiger partial charge in [0.15, 0.2) is 5.82 Å². The zero-order valence-electron chi connectivity index (χ0n) is 10.6. The maximum Gasteiger partial charge on any atom is 0.157 e. The molecule has 1 fully saturated rings. The largest absolute Gasteiger partial charge is 0.370 e. The van der Waals surface area contributed by atoms with Gasteiger partial charge in [-0.3, -0.25) is 0 Å². The van der Waals surface area contributed by atoms with Gasteiger partial charge < -0.3 is 10.5 Å². The number of hydrogen-bond donors (Lipinski definition) is 1. The van der Waals surface area contributed by atoms with Gasteiger partial charge in [-0.15, -0.1) is 0 Å². The highest BCUT2D eigenvalue weighted by atomic mass is 16.5. The van der Waals surface area contributed by atoms with Gasteiger partial charge in [-0.05, 0) is 44.6 Å². The Labute approximate surface area is 103 Å². The molecule has 1 heterocycles. The quantitative estimate of drug-likeness (QED) is 0.817. The molecule has 2 unspecified atom stereocenters. The van der Waals surface area contributed by atoms with E-state index < -0.39 is 0 Å². The summed E-state index contributed by atoms with van der Waals surface area (Å²) in [4.78, 5) is 8.84. The third kappa shape index (κ3) is 3.48. The van der Waals surface area contributed by atoms with Crippen LogP contribution in [0.5, 0.6) is 0 Å². The van der Waals surface area contributed by atoms with Gasteiger partial charge in [0.25, 0.3) is 0 Å². The highest BCUT2D eigenvalue weighted by Crippen LogP contribution is 2.42. The van der Waals surface area contributed by atoms with Crippen molar-refractivity contribution in [3.63, 3.8) is 0 Å².